The lowest BCUT2D eigenvalue weighted by Crippen LogP contribution is -2.36. The molecule has 2 N–H and O–H groups in total. The van der Waals surface area contributed by atoms with Gasteiger partial charge < -0.3 is 15.0 Å². The molecule has 1 amide bonds. The number of benzene rings is 3. The van der Waals surface area contributed by atoms with Gasteiger partial charge >= 0.3 is 0 Å². The highest BCUT2D eigenvalue weighted by molar-refractivity contribution is 6.30. The van der Waals surface area contributed by atoms with Crippen molar-refractivity contribution >= 4 is 17.5 Å². The van der Waals surface area contributed by atoms with Gasteiger partial charge in [-0.15, -0.1) is 0 Å². The zero-order valence-corrected chi connectivity index (χ0v) is 24.1. The second-order valence-electron chi connectivity index (χ2n) is 11.6. The van der Waals surface area contributed by atoms with Crippen molar-refractivity contribution in [1.82, 2.24) is 14.9 Å². The van der Waals surface area contributed by atoms with Gasteiger partial charge in [-0.25, -0.2) is 4.98 Å². The van der Waals surface area contributed by atoms with Gasteiger partial charge in [-0.3, -0.25) is 9.59 Å². The molecule has 1 aliphatic carbocycles. The van der Waals surface area contributed by atoms with Crippen LogP contribution >= 0.6 is 11.6 Å². The van der Waals surface area contributed by atoms with Crippen LogP contribution in [-0.4, -0.2) is 32.4 Å². The van der Waals surface area contributed by atoms with Gasteiger partial charge in [0.25, 0.3) is 11.5 Å². The molecule has 1 aliphatic heterocycles. The van der Waals surface area contributed by atoms with Crippen LogP contribution in [0.3, 0.4) is 0 Å². The lowest BCUT2D eigenvalue weighted by atomic mass is 9.94. The normalized spacial score (nSPS) is 16.7. The van der Waals surface area contributed by atoms with Crippen LogP contribution in [0, 0.1) is 0 Å². The Morgan fingerprint density at radius 1 is 1.00 bits per heavy atom. The fourth-order valence-corrected chi connectivity index (χ4v) is 6.08. The van der Waals surface area contributed by atoms with Gasteiger partial charge in [0.05, 0.1) is 23.2 Å². The van der Waals surface area contributed by atoms with E-state index in [1.54, 1.807) is 11.0 Å². The fourth-order valence-electron chi connectivity index (χ4n) is 5.89. The standard InChI is InChI=1S/C34H34ClN3O3/c1-21(2)22-7-3-8-23(17-22)24-9-4-10-25(18-24)30(39)32(41)38-16-6-13-29-28(20-38)31(40)37-33(36-29)34(14-15-34)26-11-5-12-27(35)19-26/h3-5,7-12,17-19,21,30,39H,6,13-16,20H2,1-2H3,(H,36,37,40). The van der Waals surface area contributed by atoms with Crippen LogP contribution in [0.5, 0.6) is 0 Å². The van der Waals surface area contributed by atoms with E-state index in [0.717, 1.165) is 35.2 Å². The molecule has 3 aromatic carbocycles. The number of hydrogen-bond donors (Lipinski definition) is 2. The minimum Gasteiger partial charge on any atom is -0.378 e. The lowest BCUT2D eigenvalue weighted by molar-refractivity contribution is -0.141. The van der Waals surface area contributed by atoms with Crippen LogP contribution in [0.2, 0.25) is 5.02 Å². The molecule has 2 heterocycles. The fraction of sp³-hybridized carbons (Fsp3) is 0.324. The largest absolute Gasteiger partial charge is 0.378 e. The quantitative estimate of drug-likeness (QED) is 0.286. The molecular formula is C34H34ClN3O3. The van der Waals surface area contributed by atoms with Crippen molar-refractivity contribution in [3.63, 3.8) is 0 Å². The predicted molar refractivity (Wildman–Crippen MR) is 161 cm³/mol. The first kappa shape index (κ1) is 27.4. The number of aliphatic hydroxyl groups excluding tert-OH is 1. The molecule has 210 valence electrons. The molecule has 1 atom stereocenters. The zero-order chi connectivity index (χ0) is 28.7. The Balaban J connectivity index is 1.24. The van der Waals surface area contributed by atoms with Crippen molar-refractivity contribution in [3.8, 4) is 11.1 Å². The molecule has 41 heavy (non-hydrogen) atoms. The summed E-state index contributed by atoms with van der Waals surface area (Å²) in [6, 6.07) is 23.6. The number of rotatable bonds is 6. The number of nitrogens with one attached hydrogen (secondary N) is 1. The van der Waals surface area contributed by atoms with E-state index in [1.807, 2.05) is 54.6 Å². The number of carbonyl (C=O) groups is 1. The molecule has 0 spiro atoms. The molecule has 7 heteroatoms. The van der Waals surface area contributed by atoms with Crippen molar-refractivity contribution < 1.29 is 9.90 Å². The first-order chi connectivity index (χ1) is 19.7. The molecule has 1 fully saturated rings. The maximum absolute atomic E-state index is 13.5. The molecule has 0 radical (unpaired) electrons. The number of aliphatic hydroxyl groups is 1. The average molecular weight is 568 g/mol. The third-order valence-corrected chi connectivity index (χ3v) is 8.74. The molecule has 1 aromatic heterocycles. The molecule has 6 rings (SSSR count). The SMILES string of the molecule is CC(C)c1cccc(-c2cccc(C(O)C(=O)N3CCCc4nc(C5(c6cccc(Cl)c6)CC5)[nH]c(=O)c4C3)c2)c1. The Morgan fingerprint density at radius 3 is 2.37 bits per heavy atom. The monoisotopic (exact) mass is 567 g/mol. The highest BCUT2D eigenvalue weighted by Crippen LogP contribution is 2.52. The number of aryl methyl sites for hydroxylation is 1. The van der Waals surface area contributed by atoms with Gasteiger partial charge in [-0.2, -0.15) is 0 Å². The summed E-state index contributed by atoms with van der Waals surface area (Å²) in [7, 11) is 0. The van der Waals surface area contributed by atoms with E-state index < -0.39 is 12.0 Å². The molecule has 2 aliphatic rings. The summed E-state index contributed by atoms with van der Waals surface area (Å²) in [6.07, 6.45) is 1.72. The zero-order valence-electron chi connectivity index (χ0n) is 23.4. The van der Waals surface area contributed by atoms with Gasteiger partial charge in [0.1, 0.15) is 5.82 Å². The Bertz CT molecular complexity index is 1670. The van der Waals surface area contributed by atoms with Gasteiger partial charge in [-0.05, 0) is 77.6 Å². The van der Waals surface area contributed by atoms with Crippen LogP contribution in [0.25, 0.3) is 11.1 Å². The highest BCUT2D eigenvalue weighted by Gasteiger charge is 2.48. The van der Waals surface area contributed by atoms with Crippen molar-refractivity contribution in [2.24, 2.45) is 0 Å². The van der Waals surface area contributed by atoms with E-state index in [9.17, 15) is 14.7 Å². The Kier molecular flexibility index (Phi) is 7.30. The molecule has 1 unspecified atom stereocenters. The maximum atomic E-state index is 13.5. The van der Waals surface area contributed by atoms with Crippen LogP contribution < -0.4 is 5.56 Å². The second-order valence-corrected chi connectivity index (χ2v) is 12.0. The second kappa shape index (κ2) is 10.9. The van der Waals surface area contributed by atoms with E-state index in [1.165, 1.54) is 5.56 Å². The first-order valence-corrected chi connectivity index (χ1v) is 14.7. The summed E-state index contributed by atoms with van der Waals surface area (Å²) in [4.78, 5) is 36.5. The van der Waals surface area contributed by atoms with Crippen molar-refractivity contribution in [3.05, 3.63) is 122 Å². The summed E-state index contributed by atoms with van der Waals surface area (Å²) in [6.45, 7) is 4.87. The number of nitrogens with zero attached hydrogens (tertiary/aromatic N) is 2. The van der Waals surface area contributed by atoms with Gasteiger partial charge in [0.15, 0.2) is 6.10 Å². The minimum atomic E-state index is -1.33. The highest BCUT2D eigenvalue weighted by atomic mass is 35.5. The van der Waals surface area contributed by atoms with Gasteiger partial charge in [-0.1, -0.05) is 80.0 Å². The smallest absolute Gasteiger partial charge is 0.256 e. The number of H-pyrrole nitrogens is 1. The van der Waals surface area contributed by atoms with Gasteiger partial charge in [0.2, 0.25) is 0 Å². The third-order valence-electron chi connectivity index (χ3n) is 8.51. The van der Waals surface area contributed by atoms with E-state index in [0.29, 0.717) is 47.3 Å². The molecule has 6 nitrogen and oxygen atoms in total. The number of aromatic amines is 1. The third kappa shape index (κ3) is 5.34. The molecule has 0 saturated heterocycles. The topological polar surface area (TPSA) is 86.3 Å². The van der Waals surface area contributed by atoms with E-state index in [4.69, 9.17) is 16.6 Å². The number of fused-ring (bicyclic) bond motifs is 1. The average Bonchev–Trinajstić information content (AvgIpc) is 3.81. The van der Waals surface area contributed by atoms with Crippen molar-refractivity contribution in [2.45, 2.75) is 63.5 Å². The molecular weight excluding hydrogens is 534 g/mol. The summed E-state index contributed by atoms with van der Waals surface area (Å²) < 4.78 is 0. The van der Waals surface area contributed by atoms with Crippen LogP contribution in [0.4, 0.5) is 0 Å². The summed E-state index contributed by atoms with van der Waals surface area (Å²) >= 11 is 6.26. The Morgan fingerprint density at radius 2 is 1.68 bits per heavy atom. The lowest BCUT2D eigenvalue weighted by Gasteiger charge is -2.24. The Hall–Kier alpha value is -3.74. The summed E-state index contributed by atoms with van der Waals surface area (Å²) in [5, 5.41) is 11.8. The minimum absolute atomic E-state index is 0.119. The van der Waals surface area contributed by atoms with E-state index in [2.05, 4.69) is 31.0 Å². The first-order valence-electron chi connectivity index (χ1n) is 14.3. The summed E-state index contributed by atoms with van der Waals surface area (Å²) in [5.74, 6) is 0.658. The van der Waals surface area contributed by atoms with Crippen molar-refractivity contribution in [2.75, 3.05) is 6.54 Å². The number of aromatic nitrogens is 2. The predicted octanol–water partition coefficient (Wildman–Crippen LogP) is 6.30. The molecule has 0 bridgehead atoms. The number of amides is 1. The molecule has 4 aromatic rings. The number of carbonyl (C=O) groups excluding carboxylic acids is 1. The number of hydrogen-bond acceptors (Lipinski definition) is 4. The Labute approximate surface area is 245 Å². The van der Waals surface area contributed by atoms with Gasteiger partial charge in [0, 0.05) is 11.6 Å². The maximum Gasteiger partial charge on any atom is 0.256 e. The van der Waals surface area contributed by atoms with E-state index >= 15 is 0 Å². The van der Waals surface area contributed by atoms with Crippen LogP contribution in [0.15, 0.2) is 77.6 Å². The van der Waals surface area contributed by atoms with Crippen LogP contribution in [0.1, 0.15) is 78.9 Å². The molecule has 1 saturated carbocycles. The van der Waals surface area contributed by atoms with E-state index in [-0.39, 0.29) is 17.5 Å². The summed E-state index contributed by atoms with van der Waals surface area (Å²) in [5.41, 5.74) is 5.49. The number of halogens is 1. The van der Waals surface area contributed by atoms with Crippen molar-refractivity contribution in [1.29, 1.82) is 0 Å². The van der Waals surface area contributed by atoms with Crippen LogP contribution in [-0.2, 0) is 23.2 Å².